The third-order valence-electron chi connectivity index (χ3n) is 4.56. The zero-order valence-corrected chi connectivity index (χ0v) is 14.6. The molecular formula is C20H18FN3O2. The lowest BCUT2D eigenvalue weighted by Gasteiger charge is -2.21. The maximum Gasteiger partial charge on any atom is 0.248 e. The van der Waals surface area contributed by atoms with Gasteiger partial charge in [0, 0.05) is 23.9 Å². The summed E-state index contributed by atoms with van der Waals surface area (Å²) in [5.74, 6) is 0.329. The number of hydrogen-bond donors (Lipinski definition) is 0. The van der Waals surface area contributed by atoms with E-state index < -0.39 is 0 Å². The zero-order chi connectivity index (χ0) is 18.3. The Morgan fingerprint density at radius 1 is 1.27 bits per heavy atom. The Morgan fingerprint density at radius 2 is 2.04 bits per heavy atom. The second-order valence-corrected chi connectivity index (χ2v) is 6.39. The van der Waals surface area contributed by atoms with E-state index in [9.17, 15) is 9.18 Å². The van der Waals surface area contributed by atoms with E-state index in [1.54, 1.807) is 30.1 Å². The Bertz CT molecular complexity index is 979. The Labute approximate surface area is 150 Å². The molecular weight excluding hydrogens is 333 g/mol. The molecule has 4 rings (SSSR count). The summed E-state index contributed by atoms with van der Waals surface area (Å²) >= 11 is 0. The lowest BCUT2D eigenvalue weighted by Crippen LogP contribution is -2.30. The third kappa shape index (κ3) is 2.83. The summed E-state index contributed by atoms with van der Waals surface area (Å²) in [5, 5.41) is 4.39. The van der Waals surface area contributed by atoms with E-state index in [4.69, 9.17) is 4.74 Å². The first-order chi connectivity index (χ1) is 12.5. The first-order valence-electron chi connectivity index (χ1n) is 8.33. The minimum Gasteiger partial charge on any atom is -0.488 e. The highest BCUT2D eigenvalue weighted by molar-refractivity contribution is 5.93. The first kappa shape index (κ1) is 16.3. The average molecular weight is 351 g/mol. The molecule has 6 heteroatoms. The van der Waals surface area contributed by atoms with Crippen molar-refractivity contribution in [3.05, 3.63) is 65.6 Å². The number of hydrogen-bond acceptors (Lipinski definition) is 3. The van der Waals surface area contributed by atoms with Crippen molar-refractivity contribution in [2.45, 2.75) is 20.1 Å². The number of fused-ring (bicyclic) bond motifs is 3. The van der Waals surface area contributed by atoms with Gasteiger partial charge in [-0.25, -0.2) is 4.39 Å². The first-order valence-corrected chi connectivity index (χ1v) is 8.33. The van der Waals surface area contributed by atoms with E-state index >= 15 is 0 Å². The van der Waals surface area contributed by atoms with E-state index in [-0.39, 0.29) is 18.3 Å². The molecule has 0 unspecified atom stereocenters. The number of nitrogens with zero attached hydrogens (tertiary/aromatic N) is 3. The fourth-order valence-corrected chi connectivity index (χ4v) is 3.11. The van der Waals surface area contributed by atoms with Gasteiger partial charge in [-0.05, 0) is 43.3 Å². The minimum absolute atomic E-state index is 0.0938. The van der Waals surface area contributed by atoms with Crippen molar-refractivity contribution in [1.29, 1.82) is 0 Å². The number of ether oxygens (including phenoxy) is 1. The molecule has 0 spiro atoms. The van der Waals surface area contributed by atoms with Gasteiger partial charge in [0.1, 0.15) is 24.7 Å². The van der Waals surface area contributed by atoms with Crippen LogP contribution < -0.4 is 9.64 Å². The normalized spacial score (nSPS) is 12.1. The van der Waals surface area contributed by atoms with E-state index in [2.05, 4.69) is 5.10 Å². The number of likely N-dealkylation sites (N-methyl/N-ethyl adjacent to an activating group) is 1. The number of aromatic nitrogens is 2. The van der Waals surface area contributed by atoms with Crippen molar-refractivity contribution in [3.8, 4) is 17.0 Å². The van der Waals surface area contributed by atoms with Crippen molar-refractivity contribution >= 4 is 11.6 Å². The summed E-state index contributed by atoms with van der Waals surface area (Å²) in [6.07, 6.45) is 1.74. The smallest absolute Gasteiger partial charge is 0.248 e. The quantitative estimate of drug-likeness (QED) is 0.725. The van der Waals surface area contributed by atoms with Gasteiger partial charge in [-0.15, -0.1) is 0 Å². The summed E-state index contributed by atoms with van der Waals surface area (Å²) in [7, 11) is 1.67. The van der Waals surface area contributed by atoms with E-state index in [0.717, 1.165) is 28.1 Å². The molecule has 2 heterocycles. The van der Waals surface area contributed by atoms with Crippen LogP contribution >= 0.6 is 0 Å². The monoisotopic (exact) mass is 351 g/mol. The predicted molar refractivity (Wildman–Crippen MR) is 96.5 cm³/mol. The molecule has 1 amide bonds. The van der Waals surface area contributed by atoms with Crippen molar-refractivity contribution in [2.75, 3.05) is 11.9 Å². The third-order valence-corrected chi connectivity index (χ3v) is 4.56. The van der Waals surface area contributed by atoms with Crippen molar-refractivity contribution < 1.29 is 13.9 Å². The van der Waals surface area contributed by atoms with Gasteiger partial charge < -0.3 is 9.64 Å². The number of amides is 1. The van der Waals surface area contributed by atoms with Crippen molar-refractivity contribution in [1.82, 2.24) is 9.78 Å². The molecule has 1 aliphatic rings. The van der Waals surface area contributed by atoms with E-state index in [1.807, 2.05) is 25.1 Å². The summed E-state index contributed by atoms with van der Waals surface area (Å²) in [5.41, 5.74) is 4.57. The van der Waals surface area contributed by atoms with Gasteiger partial charge in [0.05, 0.1) is 11.9 Å². The molecule has 1 aromatic heterocycles. The maximum atomic E-state index is 13.1. The lowest BCUT2D eigenvalue weighted by atomic mass is 10.0. The highest BCUT2D eigenvalue weighted by Crippen LogP contribution is 2.38. The number of aryl methyl sites for hydroxylation is 1. The van der Waals surface area contributed by atoms with Crippen LogP contribution in [0.15, 0.2) is 48.7 Å². The SMILES string of the molecule is Cc1ccc2c(c1)-c1c(cnn1CC(=O)N(C)c1ccc(F)cc1)CO2. The molecule has 26 heavy (non-hydrogen) atoms. The van der Waals surface area contributed by atoms with Gasteiger partial charge in [0.2, 0.25) is 5.91 Å². The van der Waals surface area contributed by atoms with Crippen LogP contribution in [0.3, 0.4) is 0 Å². The Morgan fingerprint density at radius 3 is 2.81 bits per heavy atom. The molecule has 132 valence electrons. The number of carbonyl (C=O) groups is 1. The minimum atomic E-state index is -0.331. The Kier molecular flexibility index (Phi) is 3.95. The largest absolute Gasteiger partial charge is 0.488 e. The second kappa shape index (κ2) is 6.29. The Hall–Kier alpha value is -3.15. The number of rotatable bonds is 3. The van der Waals surface area contributed by atoms with E-state index in [1.165, 1.54) is 17.0 Å². The zero-order valence-electron chi connectivity index (χ0n) is 14.6. The van der Waals surface area contributed by atoms with Crippen LogP contribution in [-0.2, 0) is 17.9 Å². The number of anilines is 1. The second-order valence-electron chi connectivity index (χ2n) is 6.39. The number of halogens is 1. The van der Waals surface area contributed by atoms with Crippen LogP contribution in [0.25, 0.3) is 11.3 Å². The standard InChI is InChI=1S/C20H18FN3O2/c1-13-3-8-18-17(9-13)20-14(12-26-18)10-22-24(20)11-19(25)23(2)16-6-4-15(21)5-7-16/h3-10H,11-12H2,1-2H3. The van der Waals surface area contributed by atoms with E-state index in [0.29, 0.717) is 12.3 Å². The van der Waals surface area contributed by atoms with Crippen molar-refractivity contribution in [2.24, 2.45) is 0 Å². The van der Waals surface area contributed by atoms with Gasteiger partial charge in [-0.1, -0.05) is 11.6 Å². The van der Waals surface area contributed by atoms with Crippen LogP contribution in [0.5, 0.6) is 5.75 Å². The number of carbonyl (C=O) groups excluding carboxylic acids is 1. The summed E-state index contributed by atoms with van der Waals surface area (Å²) in [6.45, 7) is 2.55. The van der Waals surface area contributed by atoms with Gasteiger partial charge in [0.15, 0.2) is 0 Å². The van der Waals surface area contributed by atoms with Gasteiger partial charge in [-0.3, -0.25) is 9.48 Å². The van der Waals surface area contributed by atoms with Crippen LogP contribution in [-0.4, -0.2) is 22.7 Å². The molecule has 0 fully saturated rings. The molecule has 0 N–H and O–H groups in total. The maximum absolute atomic E-state index is 13.1. The molecule has 0 aliphatic carbocycles. The van der Waals surface area contributed by atoms with Crippen molar-refractivity contribution in [3.63, 3.8) is 0 Å². The fraction of sp³-hybridized carbons (Fsp3) is 0.200. The molecule has 0 saturated carbocycles. The highest BCUT2D eigenvalue weighted by Gasteiger charge is 2.24. The summed E-state index contributed by atoms with van der Waals surface area (Å²) in [4.78, 5) is 14.2. The molecule has 3 aromatic rings. The Balaban J connectivity index is 1.63. The van der Waals surface area contributed by atoms with Gasteiger partial charge in [0.25, 0.3) is 0 Å². The molecule has 5 nitrogen and oxygen atoms in total. The molecule has 0 saturated heterocycles. The van der Waals surface area contributed by atoms with Crippen LogP contribution in [0, 0.1) is 12.7 Å². The number of benzene rings is 2. The van der Waals surface area contributed by atoms with Crippen LogP contribution in [0.1, 0.15) is 11.1 Å². The molecule has 0 bridgehead atoms. The molecule has 0 atom stereocenters. The lowest BCUT2D eigenvalue weighted by molar-refractivity contribution is -0.119. The predicted octanol–water partition coefficient (Wildman–Crippen LogP) is 3.55. The molecule has 2 aromatic carbocycles. The molecule has 1 aliphatic heterocycles. The van der Waals surface area contributed by atoms with Gasteiger partial charge >= 0.3 is 0 Å². The molecule has 0 radical (unpaired) electrons. The average Bonchev–Trinajstić information content (AvgIpc) is 3.05. The topological polar surface area (TPSA) is 47.4 Å². The highest BCUT2D eigenvalue weighted by atomic mass is 19.1. The summed E-state index contributed by atoms with van der Waals surface area (Å²) in [6, 6.07) is 11.8. The fourth-order valence-electron chi connectivity index (χ4n) is 3.11. The van der Waals surface area contributed by atoms with Gasteiger partial charge in [-0.2, -0.15) is 5.10 Å². The van der Waals surface area contributed by atoms with Crippen LogP contribution in [0.2, 0.25) is 0 Å². The van der Waals surface area contributed by atoms with Crippen LogP contribution in [0.4, 0.5) is 10.1 Å². The summed E-state index contributed by atoms with van der Waals surface area (Å²) < 4.78 is 20.6.